The minimum absolute atomic E-state index is 0.339. The van der Waals surface area contributed by atoms with E-state index in [2.05, 4.69) is 27.3 Å². The minimum Gasteiger partial charge on any atom is -0.387 e. The average molecular weight is 328 g/mol. The van der Waals surface area contributed by atoms with E-state index >= 15 is 0 Å². The standard InChI is InChI=1S/C18H24N4O2/c23-17(15-6-7-15)16-11-22(20-19-16)13-18(24)8-9-21(12-18)10-14-4-2-1-3-5-14/h1-5,11,15,17,23-24H,6-10,12-13H2. The number of benzene rings is 1. The normalized spacial score (nSPS) is 25.9. The Bertz CT molecular complexity index is 685. The van der Waals surface area contributed by atoms with Gasteiger partial charge < -0.3 is 10.2 Å². The third-order valence-electron chi connectivity index (χ3n) is 5.04. The summed E-state index contributed by atoms with van der Waals surface area (Å²) in [4.78, 5) is 2.27. The van der Waals surface area contributed by atoms with Crippen LogP contribution in [-0.2, 0) is 13.1 Å². The third kappa shape index (κ3) is 3.50. The molecule has 0 spiro atoms. The Kier molecular flexibility index (Phi) is 4.12. The van der Waals surface area contributed by atoms with Crippen LogP contribution >= 0.6 is 0 Å². The first kappa shape index (κ1) is 15.7. The van der Waals surface area contributed by atoms with Crippen molar-refractivity contribution >= 4 is 0 Å². The Balaban J connectivity index is 1.36. The van der Waals surface area contributed by atoms with Gasteiger partial charge in [0.1, 0.15) is 11.8 Å². The zero-order chi connectivity index (χ0) is 16.6. The van der Waals surface area contributed by atoms with Gasteiger partial charge in [0, 0.05) is 19.6 Å². The first-order chi connectivity index (χ1) is 11.6. The van der Waals surface area contributed by atoms with Crippen LogP contribution in [0, 0.1) is 5.92 Å². The Morgan fingerprint density at radius 3 is 2.79 bits per heavy atom. The van der Waals surface area contributed by atoms with Gasteiger partial charge in [-0.3, -0.25) is 4.90 Å². The molecule has 1 aliphatic heterocycles. The van der Waals surface area contributed by atoms with Crippen molar-refractivity contribution in [2.75, 3.05) is 13.1 Å². The summed E-state index contributed by atoms with van der Waals surface area (Å²) < 4.78 is 1.67. The summed E-state index contributed by atoms with van der Waals surface area (Å²) in [6, 6.07) is 10.3. The number of aromatic nitrogens is 3. The molecule has 2 N–H and O–H groups in total. The van der Waals surface area contributed by atoms with Crippen LogP contribution in [0.2, 0.25) is 0 Å². The summed E-state index contributed by atoms with van der Waals surface area (Å²) in [7, 11) is 0. The van der Waals surface area contributed by atoms with Crippen molar-refractivity contribution in [3.8, 4) is 0 Å². The second-order valence-corrected chi connectivity index (χ2v) is 7.29. The van der Waals surface area contributed by atoms with Crippen molar-refractivity contribution in [2.24, 2.45) is 5.92 Å². The number of rotatable bonds is 6. The van der Waals surface area contributed by atoms with Gasteiger partial charge in [0.05, 0.1) is 18.3 Å². The first-order valence-corrected chi connectivity index (χ1v) is 8.68. The minimum atomic E-state index is -0.787. The molecule has 128 valence electrons. The molecule has 2 fully saturated rings. The lowest BCUT2D eigenvalue weighted by atomic mass is 10.0. The van der Waals surface area contributed by atoms with Crippen molar-refractivity contribution in [1.29, 1.82) is 0 Å². The van der Waals surface area contributed by atoms with Gasteiger partial charge in [0.15, 0.2) is 0 Å². The van der Waals surface area contributed by atoms with E-state index in [1.165, 1.54) is 5.56 Å². The number of aliphatic hydroxyl groups excluding tert-OH is 1. The molecule has 2 unspecified atom stereocenters. The van der Waals surface area contributed by atoms with Gasteiger partial charge in [0.25, 0.3) is 0 Å². The predicted molar refractivity (Wildman–Crippen MR) is 89.0 cm³/mol. The van der Waals surface area contributed by atoms with Crippen LogP contribution in [0.15, 0.2) is 36.5 Å². The molecule has 1 aliphatic carbocycles. The molecule has 4 rings (SSSR count). The highest BCUT2D eigenvalue weighted by Gasteiger charge is 2.37. The zero-order valence-corrected chi connectivity index (χ0v) is 13.8. The number of hydrogen-bond donors (Lipinski definition) is 2. The van der Waals surface area contributed by atoms with E-state index in [1.54, 1.807) is 10.9 Å². The molecule has 2 aliphatic rings. The predicted octanol–water partition coefficient (Wildman–Crippen LogP) is 1.36. The lowest BCUT2D eigenvalue weighted by Gasteiger charge is -2.23. The monoisotopic (exact) mass is 328 g/mol. The van der Waals surface area contributed by atoms with Crippen LogP contribution in [0.3, 0.4) is 0 Å². The van der Waals surface area contributed by atoms with Crippen LogP contribution in [-0.4, -0.2) is 48.8 Å². The number of β-amino-alcohol motifs (C(OH)–C–C–N with tert-alkyl or cyclic N) is 1. The van der Waals surface area contributed by atoms with Crippen LogP contribution in [0.1, 0.15) is 36.6 Å². The van der Waals surface area contributed by atoms with Gasteiger partial charge in [-0.15, -0.1) is 5.10 Å². The molecule has 1 aromatic heterocycles. The number of nitrogens with zero attached hydrogens (tertiary/aromatic N) is 4. The maximum atomic E-state index is 10.9. The van der Waals surface area contributed by atoms with E-state index in [9.17, 15) is 10.2 Å². The molecule has 1 saturated heterocycles. The molecule has 6 heteroatoms. The molecule has 0 radical (unpaired) electrons. The quantitative estimate of drug-likeness (QED) is 0.837. The maximum absolute atomic E-state index is 10.9. The fraction of sp³-hybridized carbons (Fsp3) is 0.556. The van der Waals surface area contributed by atoms with Gasteiger partial charge in [-0.2, -0.15) is 0 Å². The van der Waals surface area contributed by atoms with E-state index in [4.69, 9.17) is 0 Å². The largest absolute Gasteiger partial charge is 0.387 e. The average Bonchev–Trinajstić information content (AvgIpc) is 3.23. The number of aliphatic hydroxyl groups is 2. The lowest BCUT2D eigenvalue weighted by Crippen LogP contribution is -2.37. The van der Waals surface area contributed by atoms with E-state index in [-0.39, 0.29) is 0 Å². The smallest absolute Gasteiger partial charge is 0.111 e. The van der Waals surface area contributed by atoms with Crippen molar-refractivity contribution in [2.45, 2.75) is 44.1 Å². The van der Waals surface area contributed by atoms with Gasteiger partial charge >= 0.3 is 0 Å². The van der Waals surface area contributed by atoms with Gasteiger partial charge in [0.2, 0.25) is 0 Å². The second-order valence-electron chi connectivity index (χ2n) is 7.29. The second kappa shape index (κ2) is 6.27. The summed E-state index contributed by atoms with van der Waals surface area (Å²) >= 11 is 0. The Labute approximate surface area is 141 Å². The van der Waals surface area contributed by atoms with E-state index in [0.29, 0.717) is 24.7 Å². The Morgan fingerprint density at radius 2 is 2.04 bits per heavy atom. The van der Waals surface area contributed by atoms with Crippen LogP contribution in [0.5, 0.6) is 0 Å². The molecule has 24 heavy (non-hydrogen) atoms. The summed E-state index contributed by atoms with van der Waals surface area (Å²) in [5, 5.41) is 29.2. The topological polar surface area (TPSA) is 74.4 Å². The van der Waals surface area contributed by atoms with Gasteiger partial charge in [-0.1, -0.05) is 35.5 Å². The highest BCUT2D eigenvalue weighted by atomic mass is 16.3. The molecule has 0 amide bonds. The first-order valence-electron chi connectivity index (χ1n) is 8.68. The highest BCUT2D eigenvalue weighted by Crippen LogP contribution is 2.40. The van der Waals surface area contributed by atoms with Crippen LogP contribution in [0.25, 0.3) is 0 Å². The molecule has 2 atom stereocenters. The Morgan fingerprint density at radius 1 is 1.25 bits per heavy atom. The van der Waals surface area contributed by atoms with E-state index in [0.717, 1.165) is 32.4 Å². The van der Waals surface area contributed by atoms with Crippen molar-refractivity contribution in [3.05, 3.63) is 47.8 Å². The maximum Gasteiger partial charge on any atom is 0.111 e. The van der Waals surface area contributed by atoms with Crippen LogP contribution < -0.4 is 0 Å². The molecular weight excluding hydrogens is 304 g/mol. The SMILES string of the molecule is OC(c1cn(CC2(O)CCN(Cc3ccccc3)C2)nn1)C1CC1. The highest BCUT2D eigenvalue weighted by molar-refractivity contribution is 5.15. The molecule has 6 nitrogen and oxygen atoms in total. The zero-order valence-electron chi connectivity index (χ0n) is 13.8. The van der Waals surface area contributed by atoms with Crippen molar-refractivity contribution in [1.82, 2.24) is 19.9 Å². The summed E-state index contributed by atoms with van der Waals surface area (Å²) in [5.41, 5.74) is 1.10. The summed E-state index contributed by atoms with van der Waals surface area (Å²) in [5.74, 6) is 0.339. The fourth-order valence-corrected chi connectivity index (χ4v) is 3.53. The van der Waals surface area contributed by atoms with E-state index in [1.807, 2.05) is 18.2 Å². The Hall–Kier alpha value is -1.76. The van der Waals surface area contributed by atoms with Gasteiger partial charge in [-0.05, 0) is 30.7 Å². The molecular formula is C18H24N4O2. The molecule has 2 heterocycles. The fourth-order valence-electron chi connectivity index (χ4n) is 3.53. The molecule has 2 aromatic rings. The van der Waals surface area contributed by atoms with Crippen molar-refractivity contribution < 1.29 is 10.2 Å². The summed E-state index contributed by atoms with van der Waals surface area (Å²) in [6.45, 7) is 2.77. The molecule has 1 saturated carbocycles. The van der Waals surface area contributed by atoms with Gasteiger partial charge in [-0.25, -0.2) is 4.68 Å². The van der Waals surface area contributed by atoms with Crippen molar-refractivity contribution in [3.63, 3.8) is 0 Å². The number of likely N-dealkylation sites (tertiary alicyclic amines) is 1. The molecule has 1 aromatic carbocycles. The summed E-state index contributed by atoms with van der Waals surface area (Å²) in [6.07, 6.45) is 4.12. The van der Waals surface area contributed by atoms with E-state index < -0.39 is 11.7 Å². The number of hydrogen-bond acceptors (Lipinski definition) is 5. The third-order valence-corrected chi connectivity index (χ3v) is 5.04. The van der Waals surface area contributed by atoms with Crippen LogP contribution in [0.4, 0.5) is 0 Å². The molecule has 0 bridgehead atoms. The lowest BCUT2D eigenvalue weighted by molar-refractivity contribution is 0.0274.